The Balaban J connectivity index is 2.41. The van der Waals surface area contributed by atoms with E-state index in [9.17, 15) is 4.79 Å². The van der Waals surface area contributed by atoms with Crippen LogP contribution in [0.5, 0.6) is 11.5 Å². The zero-order valence-electron chi connectivity index (χ0n) is 11.8. The molecule has 0 atom stereocenters. The molecule has 2 aromatic carbocycles. The van der Waals surface area contributed by atoms with Crippen LogP contribution in [0.2, 0.25) is 0 Å². The fraction of sp³-hybridized carbons (Fsp3) is 0.176. The highest BCUT2D eigenvalue weighted by Crippen LogP contribution is 2.32. The first kappa shape index (κ1) is 14.6. The van der Waals surface area contributed by atoms with Gasteiger partial charge in [-0.25, -0.2) is 4.79 Å². The maximum absolute atomic E-state index is 10.9. The van der Waals surface area contributed by atoms with Crippen molar-refractivity contribution >= 4 is 5.97 Å². The topological polar surface area (TPSA) is 70.3 Å². The maximum atomic E-state index is 10.9. The van der Waals surface area contributed by atoms with Gasteiger partial charge in [0.2, 0.25) is 0 Å². The second-order valence-electron chi connectivity index (χ2n) is 4.92. The number of hydrogen-bond acceptors (Lipinski definition) is 3. The predicted molar refractivity (Wildman–Crippen MR) is 78.7 cm³/mol. The highest BCUT2D eigenvalue weighted by atomic mass is 16.5. The first-order chi connectivity index (χ1) is 10.0. The standard InChI is InChI=1S/C17H15NO3/c1-11(2)14-5-3-4-6-16(14)21-15-8-7-12(17(19)20)9-13(15)10-18/h3-9,11H,1-2H3,(H,19,20). The van der Waals surface area contributed by atoms with Crippen LogP contribution in [0.3, 0.4) is 0 Å². The lowest BCUT2D eigenvalue weighted by Gasteiger charge is -2.14. The zero-order valence-corrected chi connectivity index (χ0v) is 11.8. The molecule has 0 aromatic heterocycles. The fourth-order valence-electron chi connectivity index (χ4n) is 2.01. The van der Waals surface area contributed by atoms with E-state index in [2.05, 4.69) is 13.8 Å². The van der Waals surface area contributed by atoms with Crippen molar-refractivity contribution in [2.45, 2.75) is 19.8 Å². The molecule has 0 fully saturated rings. The second-order valence-corrected chi connectivity index (χ2v) is 4.92. The van der Waals surface area contributed by atoms with Crippen LogP contribution in [0, 0.1) is 11.3 Å². The van der Waals surface area contributed by atoms with E-state index in [0.717, 1.165) is 5.56 Å². The van der Waals surface area contributed by atoms with E-state index in [1.807, 2.05) is 30.3 Å². The summed E-state index contributed by atoms with van der Waals surface area (Å²) in [6, 6.07) is 13.8. The number of para-hydroxylation sites is 1. The van der Waals surface area contributed by atoms with E-state index in [1.165, 1.54) is 18.2 Å². The van der Waals surface area contributed by atoms with Gasteiger partial charge >= 0.3 is 5.97 Å². The van der Waals surface area contributed by atoms with Crippen LogP contribution in [0.25, 0.3) is 0 Å². The minimum atomic E-state index is -1.07. The number of carbonyl (C=O) groups is 1. The molecule has 106 valence electrons. The minimum absolute atomic E-state index is 0.0658. The quantitative estimate of drug-likeness (QED) is 0.912. The molecule has 2 rings (SSSR count). The lowest BCUT2D eigenvalue weighted by molar-refractivity contribution is 0.0697. The molecule has 0 bridgehead atoms. The normalized spacial score (nSPS) is 10.2. The molecule has 0 heterocycles. The maximum Gasteiger partial charge on any atom is 0.335 e. The molecule has 0 radical (unpaired) electrons. The van der Waals surface area contributed by atoms with Crippen molar-refractivity contribution in [1.29, 1.82) is 5.26 Å². The molecule has 21 heavy (non-hydrogen) atoms. The summed E-state index contributed by atoms with van der Waals surface area (Å²) in [7, 11) is 0. The van der Waals surface area contributed by atoms with E-state index < -0.39 is 5.97 Å². The van der Waals surface area contributed by atoms with Crippen LogP contribution in [-0.2, 0) is 0 Å². The molecular weight excluding hydrogens is 266 g/mol. The number of nitrogens with zero attached hydrogens (tertiary/aromatic N) is 1. The summed E-state index contributed by atoms with van der Waals surface area (Å²) >= 11 is 0. The van der Waals surface area contributed by atoms with Gasteiger partial charge in [0.15, 0.2) is 0 Å². The summed E-state index contributed by atoms with van der Waals surface area (Å²) in [5.41, 5.74) is 1.30. The van der Waals surface area contributed by atoms with E-state index in [4.69, 9.17) is 15.1 Å². The Hall–Kier alpha value is -2.80. The van der Waals surface area contributed by atoms with E-state index >= 15 is 0 Å². The number of rotatable bonds is 4. The van der Waals surface area contributed by atoms with E-state index in [-0.39, 0.29) is 17.0 Å². The molecule has 0 unspecified atom stereocenters. The number of benzene rings is 2. The Morgan fingerprint density at radius 1 is 1.19 bits per heavy atom. The highest BCUT2D eigenvalue weighted by Gasteiger charge is 2.12. The molecule has 0 saturated heterocycles. The number of aromatic carboxylic acids is 1. The third-order valence-electron chi connectivity index (χ3n) is 3.11. The summed E-state index contributed by atoms with van der Waals surface area (Å²) in [6.07, 6.45) is 0. The molecule has 0 amide bonds. The van der Waals surface area contributed by atoms with Crippen LogP contribution in [0.4, 0.5) is 0 Å². The number of hydrogen-bond donors (Lipinski definition) is 1. The number of carboxylic acid groups (broad SMARTS) is 1. The summed E-state index contributed by atoms with van der Waals surface area (Å²) in [6.45, 7) is 4.11. The lowest BCUT2D eigenvalue weighted by atomic mass is 10.0. The monoisotopic (exact) mass is 281 g/mol. The molecule has 0 aliphatic carbocycles. The van der Waals surface area contributed by atoms with Crippen molar-refractivity contribution in [1.82, 2.24) is 0 Å². The summed E-state index contributed by atoms with van der Waals surface area (Å²) < 4.78 is 5.81. The van der Waals surface area contributed by atoms with Crippen molar-refractivity contribution in [3.05, 3.63) is 59.2 Å². The third kappa shape index (κ3) is 3.21. The molecule has 0 spiro atoms. The van der Waals surface area contributed by atoms with Gasteiger partial charge in [-0.2, -0.15) is 5.26 Å². The molecule has 4 heteroatoms. The first-order valence-electron chi connectivity index (χ1n) is 6.57. The molecule has 2 aromatic rings. The Kier molecular flexibility index (Phi) is 4.24. The van der Waals surface area contributed by atoms with Crippen molar-refractivity contribution in [2.24, 2.45) is 0 Å². The van der Waals surface area contributed by atoms with Crippen LogP contribution >= 0.6 is 0 Å². The zero-order chi connectivity index (χ0) is 15.4. The summed E-state index contributed by atoms with van der Waals surface area (Å²) in [4.78, 5) is 10.9. The van der Waals surface area contributed by atoms with Gasteiger partial charge < -0.3 is 9.84 Å². The van der Waals surface area contributed by atoms with Crippen molar-refractivity contribution in [3.8, 4) is 17.6 Å². The average Bonchev–Trinajstić information content (AvgIpc) is 2.47. The number of carboxylic acids is 1. The Morgan fingerprint density at radius 3 is 2.52 bits per heavy atom. The van der Waals surface area contributed by atoms with Gasteiger partial charge in [0.1, 0.15) is 17.6 Å². The fourth-order valence-corrected chi connectivity index (χ4v) is 2.01. The van der Waals surface area contributed by atoms with Crippen molar-refractivity contribution < 1.29 is 14.6 Å². The first-order valence-corrected chi connectivity index (χ1v) is 6.57. The van der Waals surface area contributed by atoms with Gasteiger partial charge in [-0.1, -0.05) is 32.0 Å². The van der Waals surface area contributed by atoms with Crippen molar-refractivity contribution in [2.75, 3.05) is 0 Å². The summed E-state index contributed by atoms with van der Waals surface area (Å²) in [5.74, 6) is 0.244. The van der Waals surface area contributed by atoms with Gasteiger partial charge in [0.25, 0.3) is 0 Å². The molecular formula is C17H15NO3. The Bertz CT molecular complexity index is 714. The minimum Gasteiger partial charge on any atom is -0.478 e. The van der Waals surface area contributed by atoms with Gasteiger partial charge in [-0.05, 0) is 35.7 Å². The predicted octanol–water partition coefficient (Wildman–Crippen LogP) is 4.17. The SMILES string of the molecule is CC(C)c1ccccc1Oc1ccc(C(=O)O)cc1C#N. The third-order valence-corrected chi connectivity index (χ3v) is 3.11. The highest BCUT2D eigenvalue weighted by molar-refractivity contribution is 5.88. The van der Waals surface area contributed by atoms with Gasteiger partial charge in [0, 0.05) is 0 Å². The molecule has 1 N–H and O–H groups in total. The van der Waals surface area contributed by atoms with Crippen LogP contribution in [0.1, 0.15) is 41.3 Å². The van der Waals surface area contributed by atoms with E-state index in [0.29, 0.717) is 11.5 Å². The molecule has 0 aliphatic heterocycles. The largest absolute Gasteiger partial charge is 0.478 e. The molecule has 4 nitrogen and oxygen atoms in total. The Morgan fingerprint density at radius 2 is 1.90 bits per heavy atom. The molecule has 0 saturated carbocycles. The van der Waals surface area contributed by atoms with Gasteiger partial charge in [-0.15, -0.1) is 0 Å². The van der Waals surface area contributed by atoms with Crippen molar-refractivity contribution in [3.63, 3.8) is 0 Å². The summed E-state index contributed by atoms with van der Waals surface area (Å²) in [5, 5.41) is 18.1. The van der Waals surface area contributed by atoms with Gasteiger partial charge in [0.05, 0.1) is 11.1 Å². The smallest absolute Gasteiger partial charge is 0.335 e. The van der Waals surface area contributed by atoms with Crippen LogP contribution < -0.4 is 4.74 Å². The lowest BCUT2D eigenvalue weighted by Crippen LogP contribution is -1.99. The second kappa shape index (κ2) is 6.10. The van der Waals surface area contributed by atoms with Crippen LogP contribution in [0.15, 0.2) is 42.5 Å². The number of nitriles is 1. The number of ether oxygens (including phenoxy) is 1. The Labute approximate surface area is 123 Å². The average molecular weight is 281 g/mol. The van der Waals surface area contributed by atoms with E-state index in [1.54, 1.807) is 0 Å². The van der Waals surface area contributed by atoms with Gasteiger partial charge in [-0.3, -0.25) is 0 Å². The van der Waals surface area contributed by atoms with Crippen LogP contribution in [-0.4, -0.2) is 11.1 Å². The molecule has 0 aliphatic rings.